The van der Waals surface area contributed by atoms with Crippen LogP contribution in [0.4, 0.5) is 5.69 Å². The van der Waals surface area contributed by atoms with Crippen LogP contribution in [0.5, 0.6) is 23.0 Å². The van der Waals surface area contributed by atoms with E-state index < -0.39 is 15.9 Å². The smallest absolute Gasteiger partial charge is 0.272 e. The fourth-order valence-corrected chi connectivity index (χ4v) is 5.15. The minimum atomic E-state index is -4.34. The van der Waals surface area contributed by atoms with E-state index in [1.54, 1.807) is 32.0 Å². The summed E-state index contributed by atoms with van der Waals surface area (Å²) >= 11 is 6.29. The normalized spacial score (nSPS) is 11.0. The van der Waals surface area contributed by atoms with Crippen LogP contribution < -0.4 is 23.3 Å². The number of amides is 1. The van der Waals surface area contributed by atoms with Crippen molar-refractivity contribution in [1.82, 2.24) is 0 Å². The molecule has 3 aromatic rings. The third-order valence-corrected chi connectivity index (χ3v) is 7.01. The molecule has 0 aliphatic rings. The van der Waals surface area contributed by atoms with Crippen LogP contribution in [0, 0.1) is 0 Å². The maximum absolute atomic E-state index is 13.9. The minimum Gasteiger partial charge on any atom is -0.495 e. The molecule has 0 aromatic heterocycles. The average molecular weight is 534 g/mol. The number of methoxy groups -OCH3 is 1. The molecule has 0 spiro atoms. The quantitative estimate of drug-likeness (QED) is 0.317. The van der Waals surface area contributed by atoms with Gasteiger partial charge in [-0.1, -0.05) is 29.8 Å². The molecule has 0 unspecified atom stereocenters. The molecule has 8 nitrogen and oxygen atoms in total. The van der Waals surface area contributed by atoms with Gasteiger partial charge < -0.3 is 18.9 Å². The van der Waals surface area contributed by atoms with E-state index in [0.29, 0.717) is 35.6 Å². The Morgan fingerprint density at radius 1 is 0.833 bits per heavy atom. The van der Waals surface area contributed by atoms with Crippen LogP contribution in [0.3, 0.4) is 0 Å². The number of ether oxygens (including phenoxy) is 4. The lowest BCUT2D eigenvalue weighted by Gasteiger charge is -2.24. The van der Waals surface area contributed by atoms with Gasteiger partial charge in [-0.25, -0.2) is 8.42 Å². The standard InChI is InChI=1S/C26H28ClNO7S/c1-5-33-23-15-18(16-24(34-6-2)25(23)35-7-3)26(29)28(19-13-14-22(32-4)21(27)17-19)36(30,31)20-11-9-8-10-12-20/h8-17H,5-7H2,1-4H3. The minimum absolute atomic E-state index is 0.0248. The van der Waals surface area contributed by atoms with Gasteiger partial charge >= 0.3 is 0 Å². The number of halogens is 1. The van der Waals surface area contributed by atoms with Crippen molar-refractivity contribution >= 4 is 33.2 Å². The van der Waals surface area contributed by atoms with E-state index in [0.717, 1.165) is 0 Å². The van der Waals surface area contributed by atoms with Gasteiger partial charge in [0.25, 0.3) is 15.9 Å². The average Bonchev–Trinajstić information content (AvgIpc) is 2.86. The summed E-state index contributed by atoms with van der Waals surface area (Å²) in [6, 6.07) is 14.9. The Balaban J connectivity index is 2.24. The molecule has 10 heteroatoms. The molecule has 0 N–H and O–H groups in total. The first-order valence-electron chi connectivity index (χ1n) is 11.3. The fraction of sp³-hybridized carbons (Fsp3) is 0.269. The zero-order valence-corrected chi connectivity index (χ0v) is 22.1. The van der Waals surface area contributed by atoms with Gasteiger partial charge in [-0.15, -0.1) is 0 Å². The van der Waals surface area contributed by atoms with Crippen LogP contribution in [0.25, 0.3) is 0 Å². The first-order valence-corrected chi connectivity index (χ1v) is 13.1. The van der Waals surface area contributed by atoms with Crippen LogP contribution in [0.2, 0.25) is 5.02 Å². The van der Waals surface area contributed by atoms with Gasteiger partial charge in [-0.05, 0) is 63.2 Å². The fourth-order valence-electron chi connectivity index (χ4n) is 3.47. The lowest BCUT2D eigenvalue weighted by atomic mass is 10.1. The van der Waals surface area contributed by atoms with E-state index in [2.05, 4.69) is 0 Å². The number of nitrogens with zero attached hydrogens (tertiary/aromatic N) is 1. The molecule has 0 bridgehead atoms. The van der Waals surface area contributed by atoms with Crippen molar-refractivity contribution in [1.29, 1.82) is 0 Å². The van der Waals surface area contributed by atoms with Gasteiger partial charge in [0, 0.05) is 5.56 Å². The van der Waals surface area contributed by atoms with Crippen molar-refractivity contribution in [3.05, 3.63) is 71.2 Å². The molecule has 0 atom stereocenters. The van der Waals surface area contributed by atoms with Crippen molar-refractivity contribution in [2.24, 2.45) is 0 Å². The predicted octanol–water partition coefficient (Wildman–Crippen LogP) is 5.58. The first-order chi connectivity index (χ1) is 17.3. The van der Waals surface area contributed by atoms with Crippen LogP contribution >= 0.6 is 11.6 Å². The van der Waals surface area contributed by atoms with Crippen LogP contribution in [-0.4, -0.2) is 41.3 Å². The Kier molecular flexibility index (Phi) is 9.06. The lowest BCUT2D eigenvalue weighted by Crippen LogP contribution is -2.37. The summed E-state index contributed by atoms with van der Waals surface area (Å²) in [4.78, 5) is 13.9. The maximum atomic E-state index is 13.9. The van der Waals surface area contributed by atoms with E-state index in [1.807, 2.05) is 6.92 Å². The van der Waals surface area contributed by atoms with Gasteiger partial charge in [0.1, 0.15) is 5.75 Å². The summed E-state index contributed by atoms with van der Waals surface area (Å²) in [5.41, 5.74) is 0.0660. The molecule has 36 heavy (non-hydrogen) atoms. The third-order valence-electron chi connectivity index (χ3n) is 4.99. The molecule has 0 fully saturated rings. The number of carbonyl (C=O) groups is 1. The zero-order chi connectivity index (χ0) is 26.3. The molecule has 3 rings (SSSR count). The molecule has 0 saturated heterocycles. The third kappa shape index (κ3) is 5.68. The summed E-state index contributed by atoms with van der Waals surface area (Å²) in [6.07, 6.45) is 0. The Labute approximate surface area is 216 Å². The molecule has 0 aliphatic carbocycles. The molecule has 3 aromatic carbocycles. The van der Waals surface area contributed by atoms with Crippen molar-refractivity contribution in [3.63, 3.8) is 0 Å². The van der Waals surface area contributed by atoms with E-state index in [4.69, 9.17) is 30.5 Å². The van der Waals surface area contributed by atoms with Gasteiger partial charge in [-0.3, -0.25) is 4.79 Å². The summed E-state index contributed by atoms with van der Waals surface area (Å²) in [5.74, 6) is 0.368. The van der Waals surface area contributed by atoms with Crippen molar-refractivity contribution in [3.8, 4) is 23.0 Å². The number of hydrogen-bond donors (Lipinski definition) is 0. The van der Waals surface area contributed by atoms with Crippen molar-refractivity contribution in [2.45, 2.75) is 25.7 Å². The highest BCUT2D eigenvalue weighted by atomic mass is 35.5. The summed E-state index contributed by atoms with van der Waals surface area (Å²) in [5, 5.41) is 0.146. The number of anilines is 1. The molecule has 1 amide bonds. The second-order valence-electron chi connectivity index (χ2n) is 7.31. The molecule has 0 saturated carbocycles. The lowest BCUT2D eigenvalue weighted by molar-refractivity contribution is 0.100. The monoisotopic (exact) mass is 533 g/mol. The van der Waals surface area contributed by atoms with Crippen LogP contribution in [-0.2, 0) is 10.0 Å². The highest BCUT2D eigenvalue weighted by molar-refractivity contribution is 7.93. The van der Waals surface area contributed by atoms with E-state index in [-0.39, 0.29) is 32.7 Å². The van der Waals surface area contributed by atoms with Gasteiger partial charge in [0.05, 0.1) is 42.5 Å². The second-order valence-corrected chi connectivity index (χ2v) is 9.50. The van der Waals surface area contributed by atoms with E-state index in [1.165, 1.54) is 49.6 Å². The molecule has 0 aliphatic heterocycles. The summed E-state index contributed by atoms with van der Waals surface area (Å²) < 4.78 is 50.5. The maximum Gasteiger partial charge on any atom is 0.272 e. The van der Waals surface area contributed by atoms with Crippen molar-refractivity contribution in [2.75, 3.05) is 31.2 Å². The molecular weight excluding hydrogens is 506 g/mol. The number of carbonyl (C=O) groups excluding carboxylic acids is 1. The Morgan fingerprint density at radius 2 is 1.42 bits per heavy atom. The van der Waals surface area contributed by atoms with Gasteiger partial charge in [-0.2, -0.15) is 4.31 Å². The van der Waals surface area contributed by atoms with Gasteiger partial charge in [0.15, 0.2) is 11.5 Å². The molecule has 192 valence electrons. The topological polar surface area (TPSA) is 91.4 Å². The number of hydrogen-bond acceptors (Lipinski definition) is 7. The number of benzene rings is 3. The number of sulfonamides is 1. The first kappa shape index (κ1) is 27.2. The second kappa shape index (κ2) is 12.0. The zero-order valence-electron chi connectivity index (χ0n) is 20.5. The van der Waals surface area contributed by atoms with Crippen LogP contribution in [0.1, 0.15) is 31.1 Å². The van der Waals surface area contributed by atoms with E-state index >= 15 is 0 Å². The predicted molar refractivity (Wildman–Crippen MR) is 138 cm³/mol. The van der Waals surface area contributed by atoms with Gasteiger partial charge in [0.2, 0.25) is 5.75 Å². The highest BCUT2D eigenvalue weighted by Gasteiger charge is 2.33. The number of rotatable bonds is 11. The summed E-state index contributed by atoms with van der Waals surface area (Å²) in [6.45, 7) is 6.32. The summed E-state index contributed by atoms with van der Waals surface area (Å²) in [7, 11) is -2.90. The molecular formula is C26H28ClNO7S. The van der Waals surface area contributed by atoms with E-state index in [9.17, 15) is 13.2 Å². The Hall–Kier alpha value is -3.43. The molecule has 0 heterocycles. The SMILES string of the molecule is CCOc1cc(C(=O)N(c2ccc(OC)c(Cl)c2)S(=O)(=O)c2ccccc2)cc(OCC)c1OCC. The Bertz CT molecular complexity index is 1290. The molecule has 0 radical (unpaired) electrons. The highest BCUT2D eigenvalue weighted by Crippen LogP contribution is 2.40. The van der Waals surface area contributed by atoms with Crippen LogP contribution in [0.15, 0.2) is 65.6 Å². The largest absolute Gasteiger partial charge is 0.495 e. The van der Waals surface area contributed by atoms with Crippen molar-refractivity contribution < 1.29 is 32.2 Å². The Morgan fingerprint density at radius 3 is 1.92 bits per heavy atom.